The van der Waals surface area contributed by atoms with Crippen molar-refractivity contribution in [3.05, 3.63) is 59.3 Å². The summed E-state index contributed by atoms with van der Waals surface area (Å²) < 4.78 is 49.1. The highest BCUT2D eigenvalue weighted by molar-refractivity contribution is 6.00. The Morgan fingerprint density at radius 3 is 2.29 bits per heavy atom. The predicted molar refractivity (Wildman–Crippen MR) is 131 cm³/mol. The Labute approximate surface area is 202 Å². The number of nitrogens with zero attached hydrogens (tertiary/aromatic N) is 1. The van der Waals surface area contributed by atoms with E-state index >= 15 is 0 Å². The molecule has 0 bridgehead atoms. The number of nitrogens with one attached hydrogen (secondary N) is 2. The molecule has 6 nitrogen and oxygen atoms in total. The lowest BCUT2D eigenvalue weighted by Crippen LogP contribution is -2.22. The van der Waals surface area contributed by atoms with Crippen LogP contribution in [0.3, 0.4) is 0 Å². The first-order chi connectivity index (χ1) is 16.4. The molecule has 3 aromatic rings. The number of carbonyl (C=O) groups excluding carboxylic acids is 1. The van der Waals surface area contributed by atoms with Gasteiger partial charge in [-0.3, -0.25) is 0 Å². The number of benzene rings is 2. The number of halogens is 3. The zero-order chi connectivity index (χ0) is 25.8. The molecule has 3 rings (SSSR count). The van der Waals surface area contributed by atoms with Gasteiger partial charge in [0.25, 0.3) is 0 Å². The zero-order valence-corrected chi connectivity index (χ0v) is 20.5. The minimum Gasteiger partial charge on any atom is -0.497 e. The van der Waals surface area contributed by atoms with Crippen molar-refractivity contribution >= 4 is 28.2 Å². The normalized spacial score (nSPS) is 11.9. The molecule has 0 saturated heterocycles. The van der Waals surface area contributed by atoms with Gasteiger partial charge in [-0.25, -0.2) is 9.78 Å². The molecular weight excluding hydrogens is 459 g/mol. The van der Waals surface area contributed by atoms with E-state index in [1.165, 1.54) is 0 Å². The van der Waals surface area contributed by atoms with Gasteiger partial charge < -0.3 is 20.1 Å². The molecule has 0 atom stereocenters. The maximum absolute atomic E-state index is 12.9. The number of hydrogen-bond acceptors (Lipinski definition) is 6. The summed E-state index contributed by atoms with van der Waals surface area (Å²) in [7, 11) is 1.59. The van der Waals surface area contributed by atoms with Crippen LogP contribution in [0.4, 0.5) is 24.5 Å². The van der Waals surface area contributed by atoms with Crippen molar-refractivity contribution in [2.45, 2.75) is 45.8 Å². The van der Waals surface area contributed by atoms with Gasteiger partial charge in [-0.05, 0) is 53.8 Å². The Hall–Kier alpha value is -3.49. The molecule has 0 spiro atoms. The van der Waals surface area contributed by atoms with Gasteiger partial charge in [0, 0.05) is 23.3 Å². The molecule has 0 aliphatic rings. The maximum atomic E-state index is 12.9. The number of anilines is 2. The molecule has 9 heteroatoms. The Morgan fingerprint density at radius 2 is 1.71 bits per heavy atom. The van der Waals surface area contributed by atoms with Crippen molar-refractivity contribution in [1.82, 2.24) is 4.98 Å². The van der Waals surface area contributed by atoms with Crippen LogP contribution in [0, 0.1) is 0 Å². The van der Waals surface area contributed by atoms with Crippen molar-refractivity contribution in [3.8, 4) is 5.75 Å². The van der Waals surface area contributed by atoms with E-state index in [2.05, 4.69) is 15.6 Å². The molecule has 35 heavy (non-hydrogen) atoms. The lowest BCUT2D eigenvalue weighted by Gasteiger charge is -2.24. The van der Waals surface area contributed by atoms with Crippen LogP contribution in [0.5, 0.6) is 5.75 Å². The van der Waals surface area contributed by atoms with Gasteiger partial charge in [-0.1, -0.05) is 32.9 Å². The predicted octanol–water partition coefficient (Wildman–Crippen LogP) is 6.30. The van der Waals surface area contributed by atoms with E-state index in [0.29, 0.717) is 34.4 Å². The van der Waals surface area contributed by atoms with Crippen LogP contribution < -0.4 is 15.4 Å². The number of carbonyl (C=O) groups is 1. The molecule has 0 aliphatic carbocycles. The summed E-state index contributed by atoms with van der Waals surface area (Å²) in [4.78, 5) is 17.1. The Balaban J connectivity index is 2.13. The van der Waals surface area contributed by atoms with Crippen LogP contribution in [-0.2, 0) is 16.7 Å². The van der Waals surface area contributed by atoms with E-state index in [0.717, 1.165) is 11.3 Å². The molecule has 1 aromatic heterocycles. The van der Waals surface area contributed by atoms with Gasteiger partial charge in [-0.2, -0.15) is 13.2 Å². The summed E-state index contributed by atoms with van der Waals surface area (Å²) in [6.45, 7) is 6.98. The highest BCUT2D eigenvalue weighted by atomic mass is 19.4. The summed E-state index contributed by atoms with van der Waals surface area (Å²) in [5.41, 5.74) is 2.74. The van der Waals surface area contributed by atoms with E-state index in [-0.39, 0.29) is 12.3 Å². The SMILES string of the molecule is CCOC(=O)c1cc(NCc2ccc(OC)cc2)c2cc(NCC(F)(F)F)cc(C(C)(C)C)c2n1. The second-order valence-electron chi connectivity index (χ2n) is 9.12. The largest absolute Gasteiger partial charge is 0.497 e. The van der Waals surface area contributed by atoms with E-state index in [4.69, 9.17) is 9.47 Å². The van der Waals surface area contributed by atoms with Crippen LogP contribution in [-0.4, -0.2) is 37.4 Å². The number of fused-ring (bicyclic) bond motifs is 1. The number of alkyl halides is 3. The number of ether oxygens (including phenoxy) is 2. The third-order valence-corrected chi connectivity index (χ3v) is 5.34. The van der Waals surface area contributed by atoms with Crippen LogP contribution in [0.25, 0.3) is 10.9 Å². The van der Waals surface area contributed by atoms with E-state index in [9.17, 15) is 18.0 Å². The zero-order valence-electron chi connectivity index (χ0n) is 20.5. The van der Waals surface area contributed by atoms with Gasteiger partial charge in [-0.15, -0.1) is 0 Å². The molecule has 2 aromatic carbocycles. The van der Waals surface area contributed by atoms with Crippen molar-refractivity contribution in [1.29, 1.82) is 0 Å². The van der Waals surface area contributed by atoms with Crippen molar-refractivity contribution in [2.24, 2.45) is 0 Å². The molecule has 1 heterocycles. The average Bonchev–Trinajstić information content (AvgIpc) is 2.80. The van der Waals surface area contributed by atoms with Gasteiger partial charge in [0.15, 0.2) is 5.69 Å². The lowest BCUT2D eigenvalue weighted by atomic mass is 9.84. The first-order valence-corrected chi connectivity index (χ1v) is 11.2. The fourth-order valence-electron chi connectivity index (χ4n) is 3.60. The number of aromatic nitrogens is 1. The third-order valence-electron chi connectivity index (χ3n) is 5.34. The summed E-state index contributed by atoms with van der Waals surface area (Å²) in [5.74, 6) is 0.156. The minimum atomic E-state index is -4.36. The quantitative estimate of drug-likeness (QED) is 0.362. The molecule has 0 aliphatic heterocycles. The molecule has 188 valence electrons. The molecule has 0 fully saturated rings. The van der Waals surface area contributed by atoms with Crippen LogP contribution in [0.2, 0.25) is 0 Å². The number of hydrogen-bond donors (Lipinski definition) is 2. The Bertz CT molecular complexity index is 1190. The summed E-state index contributed by atoms with van der Waals surface area (Å²) in [6.07, 6.45) is -4.36. The van der Waals surface area contributed by atoms with Crippen LogP contribution in [0.1, 0.15) is 49.3 Å². The Morgan fingerprint density at radius 1 is 1.03 bits per heavy atom. The van der Waals surface area contributed by atoms with Gasteiger partial charge in [0.2, 0.25) is 0 Å². The number of rotatable bonds is 8. The standard InChI is InChI=1S/C26H30F3N3O3/c1-6-35-24(33)22-13-21(30-14-16-7-9-18(34-5)10-8-16)19-11-17(31-15-26(27,28)29)12-20(23(19)32-22)25(2,3)4/h7-13,31H,6,14-15H2,1-5H3,(H,30,32). The number of methoxy groups -OCH3 is 1. The topological polar surface area (TPSA) is 72.5 Å². The molecule has 2 N–H and O–H groups in total. The van der Waals surface area contributed by atoms with Gasteiger partial charge in [0.1, 0.15) is 12.3 Å². The summed E-state index contributed by atoms with van der Waals surface area (Å²) in [5, 5.41) is 6.39. The lowest BCUT2D eigenvalue weighted by molar-refractivity contribution is -0.115. The fraction of sp³-hybridized carbons (Fsp3) is 0.385. The highest BCUT2D eigenvalue weighted by Crippen LogP contribution is 2.36. The van der Waals surface area contributed by atoms with E-state index in [1.54, 1.807) is 32.2 Å². The van der Waals surface area contributed by atoms with E-state index < -0.39 is 24.1 Å². The average molecular weight is 490 g/mol. The molecular formula is C26H30F3N3O3. The third kappa shape index (κ3) is 6.77. The highest BCUT2D eigenvalue weighted by Gasteiger charge is 2.28. The minimum absolute atomic E-state index is 0.123. The molecule has 0 amide bonds. The summed E-state index contributed by atoms with van der Waals surface area (Å²) in [6, 6.07) is 12.3. The smallest absolute Gasteiger partial charge is 0.405 e. The second-order valence-corrected chi connectivity index (χ2v) is 9.12. The van der Waals surface area contributed by atoms with Gasteiger partial charge >= 0.3 is 12.1 Å². The fourth-order valence-corrected chi connectivity index (χ4v) is 3.60. The van der Waals surface area contributed by atoms with Crippen LogP contribution in [0.15, 0.2) is 42.5 Å². The van der Waals surface area contributed by atoms with Crippen molar-refractivity contribution in [3.63, 3.8) is 0 Å². The molecule has 0 unspecified atom stereocenters. The van der Waals surface area contributed by atoms with Crippen molar-refractivity contribution < 1.29 is 27.4 Å². The first-order valence-electron chi connectivity index (χ1n) is 11.2. The van der Waals surface area contributed by atoms with Crippen molar-refractivity contribution in [2.75, 3.05) is 30.9 Å². The monoisotopic (exact) mass is 489 g/mol. The Kier molecular flexibility index (Phi) is 7.77. The van der Waals surface area contributed by atoms with Crippen LogP contribution >= 0.6 is 0 Å². The molecule has 0 radical (unpaired) electrons. The summed E-state index contributed by atoms with van der Waals surface area (Å²) >= 11 is 0. The number of esters is 1. The molecule has 0 saturated carbocycles. The first kappa shape index (κ1) is 26.1. The number of pyridine rings is 1. The second kappa shape index (κ2) is 10.4. The maximum Gasteiger partial charge on any atom is 0.405 e. The van der Waals surface area contributed by atoms with E-state index in [1.807, 2.05) is 45.0 Å². The van der Waals surface area contributed by atoms with Gasteiger partial charge in [0.05, 0.1) is 19.2 Å².